The average Bonchev–Trinajstić information content (AvgIpc) is 2.80. The molecule has 4 heteroatoms. The molecule has 0 radical (unpaired) electrons. The van der Waals surface area contributed by atoms with Crippen molar-refractivity contribution in [2.75, 3.05) is 25.0 Å². The largest absolute Gasteiger partial charge is 0.355 e. The standard InChI is InChI=1S/C12H20N4/c1-4-10-7-12(15-9(2)14-10)16(3)11-5-6-13-8-11/h7,11,13H,4-6,8H2,1-3H3. The first-order chi connectivity index (χ1) is 7.70. The Morgan fingerprint density at radius 2 is 2.31 bits per heavy atom. The van der Waals surface area contributed by atoms with Crippen molar-refractivity contribution in [2.24, 2.45) is 0 Å². The second-order valence-electron chi connectivity index (χ2n) is 4.38. The molecule has 16 heavy (non-hydrogen) atoms. The molecule has 0 aliphatic carbocycles. The SMILES string of the molecule is CCc1cc(N(C)C2CCNC2)nc(C)n1. The minimum Gasteiger partial charge on any atom is -0.355 e. The molecular formula is C12H20N4. The first-order valence-corrected chi connectivity index (χ1v) is 5.99. The van der Waals surface area contributed by atoms with Crippen LogP contribution in [0.15, 0.2) is 6.07 Å². The fraction of sp³-hybridized carbons (Fsp3) is 0.667. The van der Waals surface area contributed by atoms with E-state index in [0.29, 0.717) is 6.04 Å². The Balaban J connectivity index is 2.21. The third-order valence-electron chi connectivity index (χ3n) is 3.18. The van der Waals surface area contributed by atoms with Gasteiger partial charge in [-0.05, 0) is 26.3 Å². The lowest BCUT2D eigenvalue weighted by Crippen LogP contribution is -2.34. The zero-order valence-corrected chi connectivity index (χ0v) is 10.3. The van der Waals surface area contributed by atoms with E-state index in [1.807, 2.05) is 6.92 Å². The third kappa shape index (κ3) is 2.32. The van der Waals surface area contributed by atoms with Gasteiger partial charge in [-0.15, -0.1) is 0 Å². The molecule has 88 valence electrons. The molecule has 1 N–H and O–H groups in total. The topological polar surface area (TPSA) is 41.0 Å². The molecule has 1 aromatic rings. The zero-order valence-electron chi connectivity index (χ0n) is 10.3. The monoisotopic (exact) mass is 220 g/mol. The number of nitrogens with zero attached hydrogens (tertiary/aromatic N) is 3. The van der Waals surface area contributed by atoms with Crippen molar-refractivity contribution in [2.45, 2.75) is 32.7 Å². The molecule has 2 rings (SSSR count). The summed E-state index contributed by atoms with van der Waals surface area (Å²) in [6.45, 7) is 6.26. The quantitative estimate of drug-likeness (QED) is 0.829. The summed E-state index contributed by atoms with van der Waals surface area (Å²) in [5, 5.41) is 3.38. The van der Waals surface area contributed by atoms with Crippen molar-refractivity contribution in [1.82, 2.24) is 15.3 Å². The maximum atomic E-state index is 4.51. The lowest BCUT2D eigenvalue weighted by atomic mass is 10.2. The average molecular weight is 220 g/mol. The highest BCUT2D eigenvalue weighted by molar-refractivity contribution is 5.40. The van der Waals surface area contributed by atoms with Crippen LogP contribution in [-0.4, -0.2) is 36.1 Å². The number of aryl methyl sites for hydroxylation is 2. The first-order valence-electron chi connectivity index (χ1n) is 5.99. The summed E-state index contributed by atoms with van der Waals surface area (Å²) < 4.78 is 0. The maximum absolute atomic E-state index is 4.51. The highest BCUT2D eigenvalue weighted by atomic mass is 15.2. The highest BCUT2D eigenvalue weighted by Gasteiger charge is 2.20. The van der Waals surface area contributed by atoms with E-state index < -0.39 is 0 Å². The van der Waals surface area contributed by atoms with Gasteiger partial charge in [0.25, 0.3) is 0 Å². The van der Waals surface area contributed by atoms with Crippen molar-refractivity contribution >= 4 is 5.82 Å². The Labute approximate surface area is 97.1 Å². The molecule has 1 atom stereocenters. The fourth-order valence-electron chi connectivity index (χ4n) is 2.13. The van der Waals surface area contributed by atoms with E-state index in [-0.39, 0.29) is 0 Å². The smallest absolute Gasteiger partial charge is 0.132 e. The summed E-state index contributed by atoms with van der Waals surface area (Å²) in [4.78, 5) is 11.2. The highest BCUT2D eigenvalue weighted by Crippen LogP contribution is 2.17. The maximum Gasteiger partial charge on any atom is 0.132 e. The van der Waals surface area contributed by atoms with Gasteiger partial charge in [-0.1, -0.05) is 6.92 Å². The van der Waals surface area contributed by atoms with Crippen molar-refractivity contribution in [3.05, 3.63) is 17.6 Å². The molecule has 0 amide bonds. The third-order valence-corrected chi connectivity index (χ3v) is 3.18. The second kappa shape index (κ2) is 4.78. The Bertz CT molecular complexity index is 358. The Kier molecular flexibility index (Phi) is 3.39. The normalized spacial score (nSPS) is 20.1. The predicted molar refractivity (Wildman–Crippen MR) is 65.8 cm³/mol. The molecule has 0 bridgehead atoms. The van der Waals surface area contributed by atoms with Gasteiger partial charge >= 0.3 is 0 Å². The number of rotatable bonds is 3. The molecule has 0 saturated carbocycles. The van der Waals surface area contributed by atoms with E-state index in [9.17, 15) is 0 Å². The van der Waals surface area contributed by atoms with Gasteiger partial charge in [0.05, 0.1) is 0 Å². The van der Waals surface area contributed by atoms with E-state index in [1.54, 1.807) is 0 Å². The van der Waals surface area contributed by atoms with Crippen LogP contribution in [0.3, 0.4) is 0 Å². The van der Waals surface area contributed by atoms with Crippen LogP contribution in [0.1, 0.15) is 24.9 Å². The van der Waals surface area contributed by atoms with Crippen molar-refractivity contribution in [1.29, 1.82) is 0 Å². The molecule has 1 aromatic heterocycles. The van der Waals surface area contributed by atoms with Gasteiger partial charge in [-0.25, -0.2) is 9.97 Å². The molecule has 1 saturated heterocycles. The Morgan fingerprint density at radius 3 is 2.94 bits per heavy atom. The summed E-state index contributed by atoms with van der Waals surface area (Å²) in [5.74, 6) is 1.92. The van der Waals surface area contributed by atoms with Crippen molar-refractivity contribution < 1.29 is 0 Å². The number of nitrogens with one attached hydrogen (secondary N) is 1. The molecule has 1 unspecified atom stereocenters. The van der Waals surface area contributed by atoms with Gasteiger partial charge < -0.3 is 10.2 Å². The fourth-order valence-corrected chi connectivity index (χ4v) is 2.13. The van der Waals surface area contributed by atoms with E-state index in [4.69, 9.17) is 0 Å². The first kappa shape index (κ1) is 11.3. The summed E-state index contributed by atoms with van der Waals surface area (Å²) in [7, 11) is 2.12. The van der Waals surface area contributed by atoms with Crippen molar-refractivity contribution in [3.8, 4) is 0 Å². The zero-order chi connectivity index (χ0) is 11.5. The van der Waals surface area contributed by atoms with E-state index in [1.165, 1.54) is 6.42 Å². The summed E-state index contributed by atoms with van der Waals surface area (Å²) in [5.41, 5.74) is 1.13. The Morgan fingerprint density at radius 1 is 1.50 bits per heavy atom. The van der Waals surface area contributed by atoms with Gasteiger partial charge in [-0.3, -0.25) is 0 Å². The van der Waals surface area contributed by atoms with Crippen LogP contribution < -0.4 is 10.2 Å². The number of likely N-dealkylation sites (N-methyl/N-ethyl adjacent to an activating group) is 1. The van der Waals surface area contributed by atoms with Gasteiger partial charge in [0.2, 0.25) is 0 Å². The van der Waals surface area contributed by atoms with E-state index in [2.05, 4.69) is 40.2 Å². The van der Waals surface area contributed by atoms with Crippen molar-refractivity contribution in [3.63, 3.8) is 0 Å². The van der Waals surface area contributed by atoms with Crippen LogP contribution in [0.25, 0.3) is 0 Å². The number of hydrogen-bond acceptors (Lipinski definition) is 4. The molecule has 1 aliphatic heterocycles. The van der Waals surface area contributed by atoms with Gasteiger partial charge in [-0.2, -0.15) is 0 Å². The minimum absolute atomic E-state index is 0.569. The Hall–Kier alpha value is -1.16. The number of anilines is 1. The van der Waals surface area contributed by atoms with E-state index in [0.717, 1.165) is 36.8 Å². The second-order valence-corrected chi connectivity index (χ2v) is 4.38. The number of aromatic nitrogens is 2. The van der Waals surface area contributed by atoms with Crippen LogP contribution in [-0.2, 0) is 6.42 Å². The van der Waals surface area contributed by atoms with Crippen LogP contribution in [0.4, 0.5) is 5.82 Å². The predicted octanol–water partition coefficient (Wildman–Crippen LogP) is 1.15. The van der Waals surface area contributed by atoms with Crippen LogP contribution >= 0.6 is 0 Å². The van der Waals surface area contributed by atoms with Crippen LogP contribution in [0.5, 0.6) is 0 Å². The van der Waals surface area contributed by atoms with Gasteiger partial charge in [0.1, 0.15) is 11.6 Å². The summed E-state index contributed by atoms with van der Waals surface area (Å²) >= 11 is 0. The summed E-state index contributed by atoms with van der Waals surface area (Å²) in [6.07, 6.45) is 2.16. The molecule has 0 aromatic carbocycles. The van der Waals surface area contributed by atoms with Gasteiger partial charge in [0, 0.05) is 31.4 Å². The molecule has 1 aliphatic rings. The van der Waals surface area contributed by atoms with Crippen LogP contribution in [0.2, 0.25) is 0 Å². The van der Waals surface area contributed by atoms with Gasteiger partial charge in [0.15, 0.2) is 0 Å². The molecular weight excluding hydrogens is 200 g/mol. The lowest BCUT2D eigenvalue weighted by Gasteiger charge is -2.25. The molecule has 0 spiro atoms. The number of hydrogen-bond donors (Lipinski definition) is 1. The molecule has 4 nitrogen and oxygen atoms in total. The van der Waals surface area contributed by atoms with Crippen LogP contribution in [0, 0.1) is 6.92 Å². The molecule has 1 fully saturated rings. The molecule has 2 heterocycles. The summed E-state index contributed by atoms with van der Waals surface area (Å²) in [6, 6.07) is 2.67. The minimum atomic E-state index is 0.569. The van der Waals surface area contributed by atoms with E-state index >= 15 is 0 Å². The lowest BCUT2D eigenvalue weighted by molar-refractivity contribution is 0.674.